The Morgan fingerprint density at radius 2 is 1.58 bits per heavy atom. The van der Waals surface area contributed by atoms with Crippen molar-refractivity contribution in [3.8, 4) is 0 Å². The molecule has 0 spiro atoms. The van der Waals surface area contributed by atoms with E-state index in [4.69, 9.17) is 4.74 Å². The van der Waals surface area contributed by atoms with E-state index in [0.717, 1.165) is 32.5 Å². The van der Waals surface area contributed by atoms with Crippen LogP contribution in [0.5, 0.6) is 0 Å². The van der Waals surface area contributed by atoms with Crippen LogP contribution in [0.3, 0.4) is 0 Å². The maximum atomic E-state index is 14.2. The molecule has 1 saturated heterocycles. The number of hydrogen-bond donors (Lipinski definition) is 2. The Kier molecular flexibility index (Phi) is 10.1. The second kappa shape index (κ2) is 14.3. The number of piperidine rings is 1. The fourth-order valence-electron chi connectivity index (χ4n) is 6.29. The number of allylic oxidation sites excluding steroid dienone is 1. The SMILES string of the molecule is COC(=O)C1=C(C)NC(c2ccccc2)=C(C(=O)N(O)CCCN2CCC(c3ccccc3)CC2)C1c1ccc([N+](=O)[O-])cc1. The standard InChI is InChI=1S/C35H38N4O6/c1-24-30(35(41)45-2)31(27-14-16-29(17-15-27)39(43)44)32(33(36-24)28-12-7-4-8-13-28)34(40)38(42)21-9-20-37-22-18-26(19-23-37)25-10-5-3-6-11-25/h3-8,10-17,26,31,36,42H,9,18-23H2,1-2H3. The summed E-state index contributed by atoms with van der Waals surface area (Å²) in [4.78, 5) is 40.5. The van der Waals surface area contributed by atoms with E-state index < -0.39 is 22.7 Å². The van der Waals surface area contributed by atoms with Crippen LogP contribution in [0.25, 0.3) is 5.70 Å². The van der Waals surface area contributed by atoms with Crippen molar-refractivity contribution in [3.63, 3.8) is 0 Å². The molecule has 234 valence electrons. The molecular formula is C35H38N4O6. The Labute approximate surface area is 262 Å². The number of rotatable bonds is 10. The highest BCUT2D eigenvalue weighted by molar-refractivity contribution is 6.07. The first-order valence-corrected chi connectivity index (χ1v) is 15.2. The summed E-state index contributed by atoms with van der Waals surface area (Å²) in [6.45, 7) is 4.42. The highest BCUT2D eigenvalue weighted by atomic mass is 16.6. The molecule has 2 aliphatic rings. The van der Waals surface area contributed by atoms with Gasteiger partial charge in [-0.25, -0.2) is 9.86 Å². The van der Waals surface area contributed by atoms with E-state index in [9.17, 15) is 24.9 Å². The molecule has 1 fully saturated rings. The summed E-state index contributed by atoms with van der Waals surface area (Å²) in [5, 5.41) is 26.5. The number of hydroxylamine groups is 2. The van der Waals surface area contributed by atoms with Crippen molar-refractivity contribution in [2.75, 3.05) is 33.3 Å². The molecule has 0 saturated carbocycles. The second-order valence-corrected chi connectivity index (χ2v) is 11.4. The lowest BCUT2D eigenvalue weighted by atomic mass is 9.78. The van der Waals surface area contributed by atoms with Gasteiger partial charge in [-0.05, 0) is 68.4 Å². The molecule has 1 unspecified atom stereocenters. The minimum atomic E-state index is -0.950. The van der Waals surface area contributed by atoms with Crippen molar-refractivity contribution >= 4 is 23.3 Å². The number of nitro groups is 1. The molecule has 3 aromatic carbocycles. The van der Waals surface area contributed by atoms with E-state index in [-0.39, 0.29) is 23.4 Å². The fraction of sp³-hybridized carbons (Fsp3) is 0.314. The van der Waals surface area contributed by atoms with Crippen molar-refractivity contribution in [2.45, 2.75) is 38.0 Å². The minimum Gasteiger partial charge on any atom is -0.466 e. The Bertz CT molecular complexity index is 1580. The largest absolute Gasteiger partial charge is 0.466 e. The van der Waals surface area contributed by atoms with E-state index in [1.54, 1.807) is 6.92 Å². The van der Waals surface area contributed by atoms with Gasteiger partial charge in [0.15, 0.2) is 0 Å². The number of dihydropyridines is 1. The molecule has 0 aromatic heterocycles. The molecule has 2 heterocycles. The summed E-state index contributed by atoms with van der Waals surface area (Å²) in [6.07, 6.45) is 2.67. The number of carbonyl (C=O) groups is 2. The molecular weight excluding hydrogens is 572 g/mol. The molecule has 45 heavy (non-hydrogen) atoms. The molecule has 2 aliphatic heterocycles. The quantitative estimate of drug-likeness (QED) is 0.131. The van der Waals surface area contributed by atoms with Crippen LogP contribution in [0.4, 0.5) is 5.69 Å². The van der Waals surface area contributed by atoms with Crippen LogP contribution < -0.4 is 5.32 Å². The second-order valence-electron chi connectivity index (χ2n) is 11.4. The molecule has 10 nitrogen and oxygen atoms in total. The van der Waals surface area contributed by atoms with Gasteiger partial charge in [-0.3, -0.25) is 20.1 Å². The summed E-state index contributed by atoms with van der Waals surface area (Å²) in [7, 11) is 1.26. The zero-order chi connectivity index (χ0) is 31.9. The van der Waals surface area contributed by atoms with Gasteiger partial charge >= 0.3 is 5.97 Å². The number of amides is 1. The topological polar surface area (TPSA) is 125 Å². The molecule has 10 heteroatoms. The third kappa shape index (κ3) is 7.13. The average molecular weight is 611 g/mol. The van der Waals surface area contributed by atoms with Gasteiger partial charge in [0, 0.05) is 24.4 Å². The van der Waals surface area contributed by atoms with Gasteiger partial charge in [-0.1, -0.05) is 72.8 Å². The van der Waals surface area contributed by atoms with Crippen molar-refractivity contribution in [2.24, 2.45) is 0 Å². The lowest BCUT2D eigenvalue weighted by Gasteiger charge is -2.34. The lowest BCUT2D eigenvalue weighted by Crippen LogP contribution is -2.39. The highest BCUT2D eigenvalue weighted by Gasteiger charge is 2.40. The number of likely N-dealkylation sites (tertiary alicyclic amines) is 1. The Morgan fingerprint density at radius 1 is 0.956 bits per heavy atom. The molecule has 0 bridgehead atoms. The number of esters is 1. The Morgan fingerprint density at radius 3 is 2.18 bits per heavy atom. The third-order valence-electron chi connectivity index (χ3n) is 8.64. The number of hydrogen-bond acceptors (Lipinski definition) is 8. The molecule has 5 rings (SSSR count). The van der Waals surface area contributed by atoms with Crippen LogP contribution in [0.2, 0.25) is 0 Å². The van der Waals surface area contributed by atoms with Gasteiger partial charge in [-0.2, -0.15) is 0 Å². The van der Waals surface area contributed by atoms with Crippen molar-refractivity contribution < 1.29 is 24.5 Å². The van der Waals surface area contributed by atoms with Crippen LogP contribution >= 0.6 is 0 Å². The van der Waals surface area contributed by atoms with Gasteiger partial charge in [0.05, 0.1) is 34.8 Å². The summed E-state index contributed by atoms with van der Waals surface area (Å²) in [5.74, 6) is -1.73. The van der Waals surface area contributed by atoms with Crippen LogP contribution in [0, 0.1) is 10.1 Å². The number of nitro benzene ring substituents is 1. The number of ether oxygens (including phenoxy) is 1. The van der Waals surface area contributed by atoms with Crippen molar-refractivity contribution in [1.29, 1.82) is 0 Å². The summed E-state index contributed by atoms with van der Waals surface area (Å²) < 4.78 is 5.11. The first kappa shape index (κ1) is 31.6. The number of nitrogens with zero attached hydrogens (tertiary/aromatic N) is 3. The minimum absolute atomic E-state index is 0.0895. The van der Waals surface area contributed by atoms with Crippen LogP contribution in [-0.2, 0) is 14.3 Å². The normalized spacial score (nSPS) is 17.5. The molecule has 2 N–H and O–H groups in total. The fourth-order valence-corrected chi connectivity index (χ4v) is 6.29. The van der Waals surface area contributed by atoms with Gasteiger partial charge in [0.2, 0.25) is 0 Å². The van der Waals surface area contributed by atoms with Gasteiger partial charge in [0.25, 0.3) is 11.6 Å². The number of methoxy groups -OCH3 is 1. The third-order valence-corrected chi connectivity index (χ3v) is 8.64. The average Bonchev–Trinajstić information content (AvgIpc) is 3.08. The molecule has 0 radical (unpaired) electrons. The van der Waals surface area contributed by atoms with Crippen molar-refractivity contribution in [1.82, 2.24) is 15.3 Å². The van der Waals surface area contributed by atoms with Crippen LogP contribution in [-0.4, -0.2) is 65.3 Å². The van der Waals surface area contributed by atoms with Crippen LogP contribution in [0.15, 0.2) is 102 Å². The zero-order valence-corrected chi connectivity index (χ0v) is 25.5. The van der Waals surface area contributed by atoms with E-state index >= 15 is 0 Å². The number of non-ortho nitro benzene ring substituents is 1. The first-order valence-electron chi connectivity index (χ1n) is 15.2. The number of carbonyl (C=O) groups excluding carboxylic acids is 2. The van der Waals surface area contributed by atoms with E-state index in [1.807, 2.05) is 36.4 Å². The van der Waals surface area contributed by atoms with E-state index in [2.05, 4.69) is 34.5 Å². The predicted octanol–water partition coefficient (Wildman–Crippen LogP) is 5.63. The first-order chi connectivity index (χ1) is 21.8. The molecule has 1 atom stereocenters. The summed E-state index contributed by atoms with van der Waals surface area (Å²) in [5.41, 5.74) is 3.66. The zero-order valence-electron chi connectivity index (χ0n) is 25.5. The molecule has 1 amide bonds. The summed E-state index contributed by atoms with van der Waals surface area (Å²) >= 11 is 0. The van der Waals surface area contributed by atoms with Gasteiger partial charge in [0.1, 0.15) is 0 Å². The number of benzene rings is 3. The maximum Gasteiger partial charge on any atom is 0.336 e. The molecule has 0 aliphatic carbocycles. The van der Waals surface area contributed by atoms with Gasteiger partial charge < -0.3 is 15.0 Å². The van der Waals surface area contributed by atoms with Crippen LogP contribution in [0.1, 0.15) is 54.7 Å². The summed E-state index contributed by atoms with van der Waals surface area (Å²) in [6, 6.07) is 25.5. The van der Waals surface area contributed by atoms with E-state index in [1.165, 1.54) is 36.9 Å². The predicted molar refractivity (Wildman–Crippen MR) is 170 cm³/mol. The maximum absolute atomic E-state index is 14.2. The van der Waals surface area contributed by atoms with E-state index in [0.29, 0.717) is 39.9 Å². The smallest absolute Gasteiger partial charge is 0.336 e. The Hall–Kier alpha value is -4.80. The highest BCUT2D eigenvalue weighted by Crippen LogP contribution is 2.42. The Balaban J connectivity index is 1.39. The molecule has 3 aromatic rings. The monoisotopic (exact) mass is 610 g/mol. The lowest BCUT2D eigenvalue weighted by molar-refractivity contribution is -0.384. The number of nitrogens with one attached hydrogen (secondary N) is 1. The van der Waals surface area contributed by atoms with Crippen molar-refractivity contribution in [3.05, 3.63) is 129 Å². The van der Waals surface area contributed by atoms with Gasteiger partial charge in [-0.15, -0.1) is 0 Å².